The standard InChI is InChI=1S/C10H12N4O4S2/c1-5-3-11-7(19-5)4-12-20(17,18)9-6(2)13-14-8(9)10(15)16/h3,12H,4H2,1-2H3,(H,13,14)(H,15,16). The van der Waals surface area contributed by atoms with E-state index in [-0.39, 0.29) is 17.1 Å². The molecular formula is C10H12N4O4S2. The van der Waals surface area contributed by atoms with Crippen molar-refractivity contribution in [3.63, 3.8) is 0 Å². The number of aryl methyl sites for hydroxylation is 2. The van der Waals surface area contributed by atoms with Crippen LogP contribution in [0.15, 0.2) is 11.1 Å². The molecule has 2 aromatic rings. The van der Waals surface area contributed by atoms with Crippen molar-refractivity contribution in [2.24, 2.45) is 0 Å². The van der Waals surface area contributed by atoms with Gasteiger partial charge in [0.1, 0.15) is 9.90 Å². The normalized spacial score (nSPS) is 11.7. The van der Waals surface area contributed by atoms with Crippen LogP contribution in [-0.2, 0) is 16.6 Å². The Hall–Kier alpha value is -1.78. The number of carboxylic acids is 1. The Balaban J connectivity index is 2.27. The van der Waals surface area contributed by atoms with E-state index < -0.39 is 21.7 Å². The molecule has 20 heavy (non-hydrogen) atoms. The van der Waals surface area contributed by atoms with Gasteiger partial charge < -0.3 is 5.11 Å². The molecule has 0 fully saturated rings. The largest absolute Gasteiger partial charge is 0.476 e. The molecule has 108 valence electrons. The lowest BCUT2D eigenvalue weighted by molar-refractivity contribution is 0.0686. The summed E-state index contributed by atoms with van der Waals surface area (Å²) in [5.41, 5.74) is -0.351. The Bertz CT molecular complexity index is 747. The zero-order chi connectivity index (χ0) is 14.9. The van der Waals surface area contributed by atoms with Gasteiger partial charge in [-0.25, -0.2) is 22.9 Å². The number of hydrogen-bond acceptors (Lipinski definition) is 6. The van der Waals surface area contributed by atoms with Crippen molar-refractivity contribution in [1.82, 2.24) is 19.9 Å². The molecular weight excluding hydrogens is 304 g/mol. The molecule has 0 spiro atoms. The van der Waals surface area contributed by atoms with Gasteiger partial charge in [-0.2, -0.15) is 5.10 Å². The summed E-state index contributed by atoms with van der Waals surface area (Å²) in [6.07, 6.45) is 1.64. The fourth-order valence-electron chi connectivity index (χ4n) is 1.60. The third-order valence-corrected chi connectivity index (χ3v) is 4.92. The first-order valence-corrected chi connectivity index (χ1v) is 7.80. The van der Waals surface area contributed by atoms with Gasteiger partial charge in [-0.05, 0) is 13.8 Å². The lowest BCUT2D eigenvalue weighted by Crippen LogP contribution is -2.25. The Morgan fingerprint density at radius 1 is 1.50 bits per heavy atom. The van der Waals surface area contributed by atoms with E-state index in [2.05, 4.69) is 19.9 Å². The first-order chi connectivity index (χ1) is 9.31. The van der Waals surface area contributed by atoms with Crippen LogP contribution in [0.4, 0.5) is 0 Å². The molecule has 8 nitrogen and oxygen atoms in total. The molecule has 0 bridgehead atoms. The third kappa shape index (κ3) is 2.86. The van der Waals surface area contributed by atoms with Gasteiger partial charge in [0.25, 0.3) is 0 Å². The highest BCUT2D eigenvalue weighted by molar-refractivity contribution is 7.89. The van der Waals surface area contributed by atoms with Crippen LogP contribution in [0.5, 0.6) is 0 Å². The average Bonchev–Trinajstić information content (AvgIpc) is 2.93. The maximum atomic E-state index is 12.2. The minimum atomic E-state index is -3.97. The predicted octanol–water partition coefficient (Wildman–Crippen LogP) is 0.660. The summed E-state index contributed by atoms with van der Waals surface area (Å²) in [5.74, 6) is -1.40. The lowest BCUT2D eigenvalue weighted by Gasteiger charge is -2.05. The highest BCUT2D eigenvalue weighted by Gasteiger charge is 2.28. The van der Waals surface area contributed by atoms with Gasteiger partial charge in [-0.1, -0.05) is 0 Å². The van der Waals surface area contributed by atoms with Crippen LogP contribution in [0.2, 0.25) is 0 Å². The first kappa shape index (κ1) is 14.6. The highest BCUT2D eigenvalue weighted by atomic mass is 32.2. The molecule has 0 saturated heterocycles. The molecule has 0 saturated carbocycles. The lowest BCUT2D eigenvalue weighted by atomic mass is 10.4. The van der Waals surface area contributed by atoms with E-state index >= 15 is 0 Å². The van der Waals surface area contributed by atoms with E-state index in [0.717, 1.165) is 4.88 Å². The summed E-state index contributed by atoms with van der Waals surface area (Å²) in [6.45, 7) is 3.31. The number of H-pyrrole nitrogens is 1. The van der Waals surface area contributed by atoms with Crippen LogP contribution in [-0.4, -0.2) is 34.7 Å². The molecule has 0 radical (unpaired) electrons. The second-order valence-corrected chi connectivity index (χ2v) is 7.04. The zero-order valence-corrected chi connectivity index (χ0v) is 12.3. The maximum Gasteiger partial charge on any atom is 0.357 e. The topological polar surface area (TPSA) is 125 Å². The number of aromatic amines is 1. The number of aromatic nitrogens is 3. The molecule has 0 aromatic carbocycles. The molecule has 0 aliphatic heterocycles. The van der Waals surface area contributed by atoms with Gasteiger partial charge in [0.05, 0.1) is 12.2 Å². The zero-order valence-electron chi connectivity index (χ0n) is 10.7. The molecule has 0 aliphatic carbocycles. The number of nitrogens with one attached hydrogen (secondary N) is 2. The van der Waals surface area contributed by atoms with Gasteiger partial charge in [0.15, 0.2) is 5.69 Å². The summed E-state index contributed by atoms with van der Waals surface area (Å²) < 4.78 is 26.6. The smallest absolute Gasteiger partial charge is 0.357 e. The predicted molar refractivity (Wildman–Crippen MR) is 71.2 cm³/mol. The van der Waals surface area contributed by atoms with E-state index in [9.17, 15) is 13.2 Å². The molecule has 10 heteroatoms. The van der Waals surface area contributed by atoms with E-state index in [0.29, 0.717) is 5.01 Å². The Morgan fingerprint density at radius 3 is 2.75 bits per heavy atom. The van der Waals surface area contributed by atoms with Crippen molar-refractivity contribution in [2.45, 2.75) is 25.3 Å². The first-order valence-electron chi connectivity index (χ1n) is 5.50. The van der Waals surface area contributed by atoms with Crippen LogP contribution >= 0.6 is 11.3 Å². The summed E-state index contributed by atoms with van der Waals surface area (Å²) >= 11 is 1.36. The van der Waals surface area contributed by atoms with Crippen molar-refractivity contribution in [3.8, 4) is 0 Å². The van der Waals surface area contributed by atoms with Crippen LogP contribution < -0.4 is 4.72 Å². The van der Waals surface area contributed by atoms with Crippen LogP contribution in [0, 0.1) is 13.8 Å². The van der Waals surface area contributed by atoms with Gasteiger partial charge in [-0.15, -0.1) is 11.3 Å². The van der Waals surface area contributed by atoms with Crippen molar-refractivity contribution in [3.05, 3.63) is 27.5 Å². The molecule has 2 aromatic heterocycles. The molecule has 2 heterocycles. The van der Waals surface area contributed by atoms with Gasteiger partial charge in [-0.3, -0.25) is 5.10 Å². The van der Waals surface area contributed by atoms with Gasteiger partial charge in [0.2, 0.25) is 10.0 Å². The fraction of sp³-hybridized carbons (Fsp3) is 0.300. The van der Waals surface area contributed by atoms with Crippen LogP contribution in [0.3, 0.4) is 0 Å². The van der Waals surface area contributed by atoms with E-state index in [1.807, 2.05) is 6.92 Å². The second kappa shape index (κ2) is 5.31. The molecule has 0 unspecified atom stereocenters. The van der Waals surface area contributed by atoms with Gasteiger partial charge in [0, 0.05) is 11.1 Å². The number of thiazole rings is 1. The van der Waals surface area contributed by atoms with Crippen molar-refractivity contribution in [2.75, 3.05) is 0 Å². The molecule has 3 N–H and O–H groups in total. The molecule has 2 rings (SSSR count). The van der Waals surface area contributed by atoms with Crippen molar-refractivity contribution in [1.29, 1.82) is 0 Å². The number of nitrogens with zero attached hydrogens (tertiary/aromatic N) is 2. The molecule has 0 aliphatic rings. The fourth-order valence-corrected chi connectivity index (χ4v) is 3.73. The van der Waals surface area contributed by atoms with E-state index in [1.54, 1.807) is 6.20 Å². The number of carbonyl (C=O) groups is 1. The van der Waals surface area contributed by atoms with Gasteiger partial charge >= 0.3 is 5.97 Å². The molecule has 0 amide bonds. The van der Waals surface area contributed by atoms with E-state index in [4.69, 9.17) is 5.11 Å². The Morgan fingerprint density at radius 2 is 2.20 bits per heavy atom. The average molecular weight is 316 g/mol. The number of carboxylic acid groups (broad SMARTS) is 1. The Labute approximate surface area is 118 Å². The monoisotopic (exact) mass is 316 g/mol. The van der Waals surface area contributed by atoms with Crippen LogP contribution in [0.25, 0.3) is 0 Å². The number of hydrogen-bond donors (Lipinski definition) is 3. The minimum absolute atomic E-state index is 0.00448. The van der Waals surface area contributed by atoms with E-state index in [1.165, 1.54) is 18.3 Å². The SMILES string of the molecule is Cc1cnc(CNS(=O)(=O)c2c(C(=O)O)n[nH]c2C)s1. The molecule has 0 atom stereocenters. The number of aromatic carboxylic acids is 1. The summed E-state index contributed by atoms with van der Waals surface area (Å²) in [7, 11) is -3.97. The number of rotatable bonds is 5. The summed E-state index contributed by atoms with van der Waals surface area (Å²) in [6, 6.07) is 0. The minimum Gasteiger partial charge on any atom is -0.476 e. The maximum absolute atomic E-state index is 12.2. The highest BCUT2D eigenvalue weighted by Crippen LogP contribution is 2.18. The Kier molecular flexibility index (Phi) is 3.88. The quantitative estimate of drug-likeness (QED) is 0.744. The van der Waals surface area contributed by atoms with Crippen LogP contribution in [0.1, 0.15) is 26.1 Å². The second-order valence-electron chi connectivity index (χ2n) is 4.02. The number of sulfonamides is 1. The van der Waals surface area contributed by atoms with Crippen molar-refractivity contribution >= 4 is 27.3 Å². The third-order valence-electron chi connectivity index (χ3n) is 2.44. The van der Waals surface area contributed by atoms with Crippen molar-refractivity contribution < 1.29 is 18.3 Å². The summed E-state index contributed by atoms with van der Waals surface area (Å²) in [5, 5.41) is 15.4. The summed E-state index contributed by atoms with van der Waals surface area (Å²) in [4.78, 5) is 15.6.